The molecule has 4 N–H and O–H groups in total. The second kappa shape index (κ2) is 36.1. The summed E-state index contributed by atoms with van der Waals surface area (Å²) >= 11 is 12.5. The molecule has 0 radical (unpaired) electrons. The first-order valence-electron chi connectivity index (χ1n) is 42.4. The summed E-state index contributed by atoms with van der Waals surface area (Å²) in [4.78, 5) is 74.8. The van der Waals surface area contributed by atoms with Crippen LogP contribution in [-0.2, 0) is 32.9 Å². The van der Waals surface area contributed by atoms with E-state index in [-0.39, 0.29) is 68.2 Å². The van der Waals surface area contributed by atoms with Crippen molar-refractivity contribution in [2.75, 3.05) is 88.5 Å². The molecule has 1 saturated carbocycles. The number of rotatable bonds is 23. The van der Waals surface area contributed by atoms with E-state index < -0.39 is 51.5 Å². The van der Waals surface area contributed by atoms with Crippen molar-refractivity contribution in [1.82, 2.24) is 39.2 Å². The van der Waals surface area contributed by atoms with Gasteiger partial charge in [-0.25, -0.2) is 36.2 Å². The molecule has 4 aliphatic heterocycles. The molecule has 7 aliphatic rings. The molecule has 10 aromatic rings. The molecule has 2 atom stereocenters. The normalized spacial score (nSPS) is 19.0. The largest absolute Gasteiger partial charge is 0.493 e. The zero-order valence-electron chi connectivity index (χ0n) is 69.7. The Hall–Kier alpha value is -10.9. The second-order valence-corrected chi connectivity index (χ2v) is 39.5. The molecule has 123 heavy (non-hydrogen) atoms. The number of ether oxygens (including phenoxy) is 4. The number of piperazine rings is 2. The van der Waals surface area contributed by atoms with Gasteiger partial charge in [-0.15, -0.1) is 0 Å². The summed E-state index contributed by atoms with van der Waals surface area (Å²) in [6, 6.07) is 38.3. The van der Waals surface area contributed by atoms with E-state index in [0.29, 0.717) is 65.9 Å². The van der Waals surface area contributed by atoms with Crippen LogP contribution in [0.25, 0.3) is 33.2 Å². The van der Waals surface area contributed by atoms with Crippen molar-refractivity contribution in [2.45, 2.75) is 141 Å². The monoisotopic (exact) mass is 1740 g/mol. The number of pyridine rings is 2. The number of hydrogen-bond acceptors (Lipinski definition) is 20. The summed E-state index contributed by atoms with van der Waals surface area (Å²) in [5, 5.41) is 27.5. The molecule has 6 aromatic carbocycles. The number of sulfonamides is 2. The number of anilines is 2. The second-order valence-electron chi connectivity index (χ2n) is 35.3. The third kappa shape index (κ3) is 20.0. The maximum Gasteiger partial charge on any atom is 0.277 e. The first-order valence-corrected chi connectivity index (χ1v) is 46.1. The van der Waals surface area contributed by atoms with Crippen molar-refractivity contribution in [3.8, 4) is 34.5 Å². The average Bonchev–Trinajstić information content (AvgIpc) is 1.02. The lowest BCUT2D eigenvalue weighted by atomic mass is 9.72. The van der Waals surface area contributed by atoms with Crippen LogP contribution in [0.15, 0.2) is 179 Å². The van der Waals surface area contributed by atoms with Crippen LogP contribution in [0.3, 0.4) is 0 Å². The summed E-state index contributed by atoms with van der Waals surface area (Å²) < 4.78 is 84.1. The summed E-state index contributed by atoms with van der Waals surface area (Å²) in [6.45, 7) is 19.9. The van der Waals surface area contributed by atoms with Crippen molar-refractivity contribution < 1.29 is 55.2 Å². The number of amides is 2. The van der Waals surface area contributed by atoms with E-state index >= 15 is 0 Å². The van der Waals surface area contributed by atoms with Gasteiger partial charge in [0.15, 0.2) is 0 Å². The van der Waals surface area contributed by atoms with Crippen LogP contribution in [0.4, 0.5) is 22.7 Å². The van der Waals surface area contributed by atoms with Crippen LogP contribution < -0.4 is 38.2 Å². The van der Waals surface area contributed by atoms with E-state index in [1.54, 1.807) is 60.9 Å². The van der Waals surface area contributed by atoms with Crippen LogP contribution in [0.2, 0.25) is 10.0 Å². The summed E-state index contributed by atoms with van der Waals surface area (Å²) in [5.74, 6) is 0.0906. The maximum absolute atomic E-state index is 14.1. The molecule has 3 fully saturated rings. The fourth-order valence-electron chi connectivity index (χ4n) is 18.4. The van der Waals surface area contributed by atoms with Crippen LogP contribution in [0, 0.1) is 48.8 Å². The zero-order chi connectivity index (χ0) is 86.1. The minimum atomic E-state index is -4.61. The highest BCUT2D eigenvalue weighted by Gasteiger charge is 2.38. The molecule has 4 aromatic heterocycles. The molecule has 8 heterocycles. The first kappa shape index (κ1) is 85.7. The van der Waals surface area contributed by atoms with Gasteiger partial charge < -0.3 is 38.7 Å². The molecule has 26 nitrogen and oxygen atoms in total. The predicted molar refractivity (Wildman–Crippen MR) is 477 cm³/mol. The SMILES string of the molecule is CC1(C)CCC(CN2CCN(c3ccc(C(=O)NS(=O)(=O)c4cc5c(c([N+](=O)[O-])c4)C[C@@H](CC4CCCCC4)CO5)c(Oc4cnc5[nH]ccc5c4)c3)CC2)=C(c2ccc(Cl)cc2)C1.CC[C@H]1COc2cc(S(=O)(=O)NC(=O)c3ccc(N4CCN(CC5=C(c6ccc(Cl)cc6)CC(C)(C)CC5)CC4)cc3Oc3cnc4[nH]ccc4c3)cc([N+](=O)[O-])c2C1. The number of nitro groups is 2. The molecule has 30 heteroatoms. The number of fused-ring (bicyclic) bond motifs is 4. The maximum atomic E-state index is 14.1. The van der Waals surface area contributed by atoms with Crippen LogP contribution in [0.1, 0.15) is 161 Å². The van der Waals surface area contributed by atoms with Crippen molar-refractivity contribution in [2.24, 2.45) is 28.6 Å². The van der Waals surface area contributed by atoms with E-state index in [1.807, 2.05) is 43.3 Å². The fraction of sp³-hybridized carbons (Fsp3) is 0.398. The lowest BCUT2D eigenvalue weighted by molar-refractivity contribution is -0.386. The molecule has 2 amide bonds. The number of H-pyrrole nitrogens is 2. The number of nitrogens with zero attached hydrogens (tertiary/aromatic N) is 8. The van der Waals surface area contributed by atoms with Gasteiger partial charge in [-0.3, -0.25) is 39.6 Å². The van der Waals surface area contributed by atoms with Gasteiger partial charge in [-0.1, -0.05) is 125 Å². The van der Waals surface area contributed by atoms with Gasteiger partial charge in [0.25, 0.3) is 43.2 Å². The molecule has 2 saturated heterocycles. The van der Waals surface area contributed by atoms with E-state index in [2.05, 4.69) is 101 Å². The molecule has 17 rings (SSSR count). The number of nitrogens with one attached hydrogen (secondary N) is 4. The minimum absolute atomic E-state index is 0.0312. The Bertz CT molecular complexity index is 5990. The minimum Gasteiger partial charge on any atom is -0.493 e. The molecule has 3 aliphatic carbocycles. The van der Waals surface area contributed by atoms with Crippen molar-refractivity contribution in [3.63, 3.8) is 0 Å². The number of nitro benzene ring substituents is 2. The Balaban J connectivity index is 0.000000183. The Labute approximate surface area is 726 Å². The fourth-order valence-corrected chi connectivity index (χ4v) is 20.6. The predicted octanol–water partition coefficient (Wildman–Crippen LogP) is 19.1. The number of hydrogen-bond donors (Lipinski definition) is 4. The summed E-state index contributed by atoms with van der Waals surface area (Å²) in [6.07, 6.45) is 21.4. The molecular weight excluding hydrogens is 1640 g/mol. The number of benzene rings is 6. The van der Waals surface area contributed by atoms with Gasteiger partial charge in [-0.2, -0.15) is 0 Å². The Kier molecular flexibility index (Phi) is 25.2. The highest BCUT2D eigenvalue weighted by Crippen LogP contribution is 2.48. The number of allylic oxidation sites excluding steroid dienone is 2. The molecular formula is C93H102Cl2N12O14S2. The Morgan fingerprint density at radius 1 is 0.545 bits per heavy atom. The zero-order valence-corrected chi connectivity index (χ0v) is 72.8. The van der Waals surface area contributed by atoms with Crippen molar-refractivity contribution in [3.05, 3.63) is 233 Å². The number of aromatic nitrogens is 4. The lowest BCUT2D eigenvalue weighted by Crippen LogP contribution is -2.47. The van der Waals surface area contributed by atoms with Gasteiger partial charge >= 0.3 is 0 Å². The topological polar surface area (TPSA) is 320 Å². The highest BCUT2D eigenvalue weighted by atomic mass is 35.5. The quantitative estimate of drug-likeness (QED) is 0.0341. The molecule has 0 unspecified atom stereocenters. The lowest BCUT2D eigenvalue weighted by Gasteiger charge is -2.39. The van der Waals surface area contributed by atoms with Gasteiger partial charge in [0, 0.05) is 146 Å². The molecule has 644 valence electrons. The molecule has 0 bridgehead atoms. The number of aromatic amines is 2. The van der Waals surface area contributed by atoms with Crippen LogP contribution in [0.5, 0.6) is 34.5 Å². The first-order chi connectivity index (χ1) is 59.0. The van der Waals surface area contributed by atoms with Crippen LogP contribution in [-0.4, -0.2) is 147 Å². The third-order valence-electron chi connectivity index (χ3n) is 25.4. The van der Waals surface area contributed by atoms with Crippen molar-refractivity contribution in [1.29, 1.82) is 0 Å². The number of carbonyl (C=O) groups is 2. The average molecular weight is 1750 g/mol. The smallest absolute Gasteiger partial charge is 0.277 e. The van der Waals surface area contributed by atoms with Gasteiger partial charge in [-0.05, 0) is 188 Å². The highest BCUT2D eigenvalue weighted by molar-refractivity contribution is 7.90. The van der Waals surface area contributed by atoms with Crippen molar-refractivity contribution >= 4 is 111 Å². The molecule has 0 spiro atoms. The Morgan fingerprint density at radius 2 is 0.967 bits per heavy atom. The number of halogens is 2. The van der Waals surface area contributed by atoms with E-state index in [0.717, 1.165) is 174 Å². The van der Waals surface area contributed by atoms with Gasteiger partial charge in [0.2, 0.25) is 0 Å². The van der Waals surface area contributed by atoms with E-state index in [4.69, 9.17) is 42.1 Å². The number of carbonyl (C=O) groups excluding carboxylic acids is 2. The summed E-state index contributed by atoms with van der Waals surface area (Å²) in [5.41, 5.74) is 11.6. The van der Waals surface area contributed by atoms with E-state index in [9.17, 15) is 46.7 Å². The van der Waals surface area contributed by atoms with E-state index in [1.165, 1.54) is 77.2 Å². The van der Waals surface area contributed by atoms with Gasteiger partial charge in [0.05, 0.1) is 67.5 Å². The third-order valence-corrected chi connectivity index (χ3v) is 28.5. The van der Waals surface area contributed by atoms with Crippen LogP contribution >= 0.6 is 23.2 Å². The Morgan fingerprint density at radius 3 is 1.39 bits per heavy atom. The van der Waals surface area contributed by atoms with Gasteiger partial charge in [0.1, 0.15) is 45.8 Å². The summed E-state index contributed by atoms with van der Waals surface area (Å²) in [7, 11) is -9.19. The standard InChI is InChI=1S/C49H55ClN6O7S.C44H47ClN6O7S/c1-49(2)16-14-36(43(28-49)34-8-10-37(50)11-9-34)30-54-18-20-55(21-19-54)38-12-13-41(46(25-38)63-39-24-35-15-17-51-47(35)52-29-39)48(57)53-64(60,61)40-26-44(56(58)59)42-23-33(31-62-45(42)27-40)22-32-6-4-3-5-7-32;1-4-28-19-37-39(51(53)54)22-35(23-40(37)57-27-28)59(55,56)48-43(52)36-10-9-33(21-41(36)58-34-20-30-12-14-46-42(30)47-25-34)50-17-15-49(16-18-50)26-31-11-13-44(2,3)24-38(31)29-5-7-32(45)8-6-29/h8-13,15,17,24-27,29,32-33H,3-7,14,16,18-23,28,30-31H2,1-2H3,(H,51,52)(H,53,57);5-10,12,14,20-23,25,28H,4,11,13,15-19,24,26-27H2,1-3H3,(H,46,47)(H,48,52)/t33-;28-/m11/s1.